The van der Waals surface area contributed by atoms with E-state index in [1.165, 1.54) is 0 Å². The molecule has 1 aliphatic heterocycles. The fourth-order valence-corrected chi connectivity index (χ4v) is 2.30. The zero-order valence-electron chi connectivity index (χ0n) is 10.4. The van der Waals surface area contributed by atoms with Crippen LogP contribution in [0.2, 0.25) is 0 Å². The molecule has 3 nitrogen and oxygen atoms in total. The number of rotatable bonds is 4. The first-order valence-electron chi connectivity index (χ1n) is 6.39. The SMILES string of the molecule is CCC(=O)C1CCN(Nc2ccccc2)CC1. The van der Waals surface area contributed by atoms with Crippen molar-refractivity contribution < 1.29 is 4.79 Å². The Morgan fingerprint density at radius 1 is 1.29 bits per heavy atom. The molecule has 0 aliphatic carbocycles. The van der Waals surface area contributed by atoms with Crippen molar-refractivity contribution in [3.63, 3.8) is 0 Å². The van der Waals surface area contributed by atoms with Crippen LogP contribution in [0.3, 0.4) is 0 Å². The molecule has 17 heavy (non-hydrogen) atoms. The minimum Gasteiger partial charge on any atom is -0.319 e. The number of Topliss-reactive ketones (excluding diaryl/α,β-unsaturated/α-hetero) is 1. The third-order valence-electron chi connectivity index (χ3n) is 3.36. The molecule has 1 saturated heterocycles. The Bertz CT molecular complexity index is 356. The summed E-state index contributed by atoms with van der Waals surface area (Å²) in [4.78, 5) is 11.6. The van der Waals surface area contributed by atoms with Crippen molar-refractivity contribution >= 4 is 11.5 Å². The standard InChI is InChI=1S/C14H20N2O/c1-2-14(17)12-8-10-16(11-9-12)15-13-6-4-3-5-7-13/h3-7,12,15H,2,8-11H2,1H3. The number of piperidine rings is 1. The zero-order valence-corrected chi connectivity index (χ0v) is 10.4. The van der Waals surface area contributed by atoms with E-state index in [-0.39, 0.29) is 5.92 Å². The molecule has 0 aromatic heterocycles. The molecule has 0 radical (unpaired) electrons. The fraction of sp³-hybridized carbons (Fsp3) is 0.500. The van der Waals surface area contributed by atoms with Gasteiger partial charge in [-0.3, -0.25) is 4.79 Å². The highest BCUT2D eigenvalue weighted by Crippen LogP contribution is 2.20. The Labute approximate surface area is 103 Å². The summed E-state index contributed by atoms with van der Waals surface area (Å²) >= 11 is 0. The zero-order chi connectivity index (χ0) is 12.1. The van der Waals surface area contributed by atoms with Gasteiger partial charge >= 0.3 is 0 Å². The van der Waals surface area contributed by atoms with Gasteiger partial charge < -0.3 is 5.43 Å². The average Bonchev–Trinajstić information content (AvgIpc) is 2.40. The second-order valence-corrected chi connectivity index (χ2v) is 4.56. The summed E-state index contributed by atoms with van der Waals surface area (Å²) in [5.41, 5.74) is 4.50. The highest BCUT2D eigenvalue weighted by Gasteiger charge is 2.23. The molecule has 3 heteroatoms. The number of nitrogens with one attached hydrogen (secondary N) is 1. The predicted octanol–water partition coefficient (Wildman–Crippen LogP) is 2.70. The quantitative estimate of drug-likeness (QED) is 0.866. The first-order valence-corrected chi connectivity index (χ1v) is 6.39. The van der Waals surface area contributed by atoms with E-state index in [2.05, 4.69) is 22.6 Å². The maximum absolute atomic E-state index is 11.6. The van der Waals surface area contributed by atoms with Gasteiger partial charge in [0, 0.05) is 31.1 Å². The average molecular weight is 232 g/mol. The number of nitrogens with zero attached hydrogens (tertiary/aromatic N) is 1. The summed E-state index contributed by atoms with van der Waals surface area (Å²) in [5.74, 6) is 0.707. The molecule has 2 rings (SSSR count). The third-order valence-corrected chi connectivity index (χ3v) is 3.36. The topological polar surface area (TPSA) is 32.3 Å². The van der Waals surface area contributed by atoms with Crippen molar-refractivity contribution in [2.24, 2.45) is 5.92 Å². The lowest BCUT2D eigenvalue weighted by Gasteiger charge is -2.31. The van der Waals surface area contributed by atoms with Gasteiger partial charge in [-0.05, 0) is 25.0 Å². The summed E-state index contributed by atoms with van der Waals surface area (Å²) in [7, 11) is 0. The molecule has 0 atom stereocenters. The Morgan fingerprint density at radius 2 is 1.94 bits per heavy atom. The molecule has 1 aromatic carbocycles. The molecule has 0 spiro atoms. The summed E-state index contributed by atoms with van der Waals surface area (Å²) in [6.45, 7) is 3.85. The highest BCUT2D eigenvalue weighted by atomic mass is 16.1. The molecule has 1 aliphatic rings. The predicted molar refractivity (Wildman–Crippen MR) is 69.7 cm³/mol. The van der Waals surface area contributed by atoms with Crippen molar-refractivity contribution in [2.45, 2.75) is 26.2 Å². The summed E-state index contributed by atoms with van der Waals surface area (Å²) in [6, 6.07) is 10.2. The highest BCUT2D eigenvalue weighted by molar-refractivity contribution is 5.80. The number of hydrogen-bond acceptors (Lipinski definition) is 3. The van der Waals surface area contributed by atoms with Gasteiger partial charge in [0.05, 0.1) is 0 Å². The van der Waals surface area contributed by atoms with Crippen LogP contribution in [-0.4, -0.2) is 23.9 Å². The van der Waals surface area contributed by atoms with Gasteiger partial charge in [-0.1, -0.05) is 25.1 Å². The second-order valence-electron chi connectivity index (χ2n) is 4.56. The van der Waals surface area contributed by atoms with Gasteiger partial charge in [-0.25, -0.2) is 5.01 Å². The fourth-order valence-electron chi connectivity index (χ4n) is 2.30. The Kier molecular flexibility index (Phi) is 4.15. The summed E-state index contributed by atoms with van der Waals surface area (Å²) < 4.78 is 0. The van der Waals surface area contributed by atoms with E-state index in [1.807, 2.05) is 25.1 Å². The molecule has 0 amide bonds. The van der Waals surface area contributed by atoms with Crippen molar-refractivity contribution in [1.29, 1.82) is 0 Å². The van der Waals surface area contributed by atoms with Gasteiger partial charge in [-0.2, -0.15) is 0 Å². The van der Waals surface area contributed by atoms with Gasteiger partial charge in [0.1, 0.15) is 5.78 Å². The van der Waals surface area contributed by atoms with Crippen LogP contribution in [0.1, 0.15) is 26.2 Å². The van der Waals surface area contributed by atoms with E-state index in [0.29, 0.717) is 12.2 Å². The lowest BCUT2D eigenvalue weighted by molar-refractivity contribution is -0.123. The summed E-state index contributed by atoms with van der Waals surface area (Å²) in [6.07, 6.45) is 2.63. The van der Waals surface area contributed by atoms with Crippen molar-refractivity contribution in [3.8, 4) is 0 Å². The normalized spacial score (nSPS) is 17.9. The van der Waals surface area contributed by atoms with E-state index < -0.39 is 0 Å². The number of anilines is 1. The van der Waals surface area contributed by atoms with E-state index >= 15 is 0 Å². The van der Waals surface area contributed by atoms with Crippen LogP contribution in [-0.2, 0) is 4.79 Å². The molecular weight excluding hydrogens is 212 g/mol. The molecule has 0 bridgehead atoms. The van der Waals surface area contributed by atoms with Crippen LogP contribution >= 0.6 is 0 Å². The maximum atomic E-state index is 11.6. The van der Waals surface area contributed by atoms with E-state index in [9.17, 15) is 4.79 Å². The first kappa shape index (κ1) is 12.1. The molecule has 1 aromatic rings. The molecule has 1 fully saturated rings. The van der Waals surface area contributed by atoms with Crippen molar-refractivity contribution in [3.05, 3.63) is 30.3 Å². The van der Waals surface area contributed by atoms with E-state index in [0.717, 1.165) is 31.6 Å². The molecule has 1 heterocycles. The molecular formula is C14H20N2O. The van der Waals surface area contributed by atoms with Crippen LogP contribution in [0.15, 0.2) is 30.3 Å². The van der Waals surface area contributed by atoms with Crippen molar-refractivity contribution in [1.82, 2.24) is 5.01 Å². The number of hydrogen-bond donors (Lipinski definition) is 1. The van der Waals surface area contributed by atoms with Gasteiger partial charge in [0.15, 0.2) is 0 Å². The van der Waals surface area contributed by atoms with Crippen LogP contribution in [0.4, 0.5) is 5.69 Å². The maximum Gasteiger partial charge on any atom is 0.135 e. The lowest BCUT2D eigenvalue weighted by atomic mass is 9.92. The molecule has 0 unspecified atom stereocenters. The molecule has 1 N–H and O–H groups in total. The Balaban J connectivity index is 1.82. The molecule has 92 valence electrons. The summed E-state index contributed by atoms with van der Waals surface area (Å²) in [5, 5.41) is 2.20. The lowest BCUT2D eigenvalue weighted by Crippen LogP contribution is -2.39. The molecule has 0 saturated carbocycles. The number of carbonyl (C=O) groups excluding carboxylic acids is 1. The smallest absolute Gasteiger partial charge is 0.135 e. The number of ketones is 1. The largest absolute Gasteiger partial charge is 0.319 e. The minimum atomic E-state index is 0.286. The number of hydrazine groups is 1. The van der Waals surface area contributed by atoms with Crippen LogP contribution < -0.4 is 5.43 Å². The van der Waals surface area contributed by atoms with Gasteiger partial charge in [0.25, 0.3) is 0 Å². The van der Waals surface area contributed by atoms with Crippen LogP contribution in [0.5, 0.6) is 0 Å². The van der Waals surface area contributed by atoms with Crippen LogP contribution in [0, 0.1) is 5.92 Å². The first-order chi connectivity index (χ1) is 8.29. The number of carbonyl (C=O) groups is 1. The number of para-hydroxylation sites is 1. The number of benzene rings is 1. The second kappa shape index (κ2) is 5.82. The van der Waals surface area contributed by atoms with Gasteiger partial charge in [-0.15, -0.1) is 0 Å². The van der Waals surface area contributed by atoms with E-state index in [1.54, 1.807) is 0 Å². The monoisotopic (exact) mass is 232 g/mol. The van der Waals surface area contributed by atoms with E-state index in [4.69, 9.17) is 0 Å². The Morgan fingerprint density at radius 3 is 2.53 bits per heavy atom. The Hall–Kier alpha value is -1.35. The van der Waals surface area contributed by atoms with Gasteiger partial charge in [0.2, 0.25) is 0 Å². The minimum absolute atomic E-state index is 0.286. The van der Waals surface area contributed by atoms with Crippen LogP contribution in [0.25, 0.3) is 0 Å². The third kappa shape index (κ3) is 3.30. The van der Waals surface area contributed by atoms with Crippen molar-refractivity contribution in [2.75, 3.05) is 18.5 Å².